The zero-order valence-corrected chi connectivity index (χ0v) is 10.2. The SMILES string of the molecule is CCc1nc(Cl)cc(N2CCCOCC2)n1. The Morgan fingerprint density at radius 2 is 2.25 bits per heavy atom. The van der Waals surface area contributed by atoms with Gasteiger partial charge in [0.2, 0.25) is 0 Å². The summed E-state index contributed by atoms with van der Waals surface area (Å²) in [6.45, 7) is 5.45. The first-order chi connectivity index (χ1) is 7.79. The van der Waals surface area contributed by atoms with E-state index in [1.165, 1.54) is 0 Å². The number of aryl methyl sites for hydroxylation is 1. The van der Waals surface area contributed by atoms with Crippen LogP contribution in [0.4, 0.5) is 5.82 Å². The number of rotatable bonds is 2. The van der Waals surface area contributed by atoms with Crippen LogP contribution in [0.1, 0.15) is 19.2 Å². The molecular weight excluding hydrogens is 226 g/mol. The molecule has 4 nitrogen and oxygen atoms in total. The van der Waals surface area contributed by atoms with E-state index in [1.807, 2.05) is 13.0 Å². The lowest BCUT2D eigenvalue weighted by atomic mass is 10.3. The summed E-state index contributed by atoms with van der Waals surface area (Å²) in [6, 6.07) is 1.83. The van der Waals surface area contributed by atoms with Crippen LogP contribution in [-0.4, -0.2) is 36.3 Å². The molecule has 1 aromatic rings. The lowest BCUT2D eigenvalue weighted by Crippen LogP contribution is -2.27. The Kier molecular flexibility index (Phi) is 3.96. The molecule has 16 heavy (non-hydrogen) atoms. The van der Waals surface area contributed by atoms with Crippen LogP contribution in [0, 0.1) is 0 Å². The van der Waals surface area contributed by atoms with Crippen molar-refractivity contribution in [1.29, 1.82) is 0 Å². The highest BCUT2D eigenvalue weighted by atomic mass is 35.5. The summed E-state index contributed by atoms with van der Waals surface area (Å²) in [5.74, 6) is 1.72. The van der Waals surface area contributed by atoms with Gasteiger partial charge in [0.25, 0.3) is 0 Å². The van der Waals surface area contributed by atoms with Gasteiger partial charge in [0.15, 0.2) is 0 Å². The van der Waals surface area contributed by atoms with Crippen molar-refractivity contribution in [3.05, 3.63) is 17.0 Å². The molecule has 1 aliphatic rings. The van der Waals surface area contributed by atoms with E-state index in [0.717, 1.165) is 50.8 Å². The van der Waals surface area contributed by atoms with Gasteiger partial charge in [0, 0.05) is 32.2 Å². The van der Waals surface area contributed by atoms with E-state index in [1.54, 1.807) is 0 Å². The largest absolute Gasteiger partial charge is 0.380 e. The maximum absolute atomic E-state index is 5.98. The molecule has 0 amide bonds. The molecule has 0 radical (unpaired) electrons. The normalized spacial score (nSPS) is 17.2. The first-order valence-electron chi connectivity index (χ1n) is 5.65. The molecule has 1 saturated heterocycles. The fourth-order valence-corrected chi connectivity index (χ4v) is 1.94. The van der Waals surface area contributed by atoms with E-state index < -0.39 is 0 Å². The Hall–Kier alpha value is -0.870. The van der Waals surface area contributed by atoms with Gasteiger partial charge in [-0.05, 0) is 6.42 Å². The molecule has 1 fully saturated rings. The summed E-state index contributed by atoms with van der Waals surface area (Å²) in [4.78, 5) is 10.9. The average Bonchev–Trinajstić information content (AvgIpc) is 2.56. The third kappa shape index (κ3) is 2.83. The highest BCUT2D eigenvalue weighted by molar-refractivity contribution is 6.29. The van der Waals surface area contributed by atoms with Crippen LogP contribution in [-0.2, 0) is 11.2 Å². The molecular formula is C11H16ClN3O. The van der Waals surface area contributed by atoms with Gasteiger partial charge < -0.3 is 9.64 Å². The van der Waals surface area contributed by atoms with Crippen molar-refractivity contribution in [2.45, 2.75) is 19.8 Å². The maximum atomic E-state index is 5.98. The van der Waals surface area contributed by atoms with E-state index in [2.05, 4.69) is 14.9 Å². The summed E-state index contributed by atoms with van der Waals surface area (Å²) in [7, 11) is 0. The van der Waals surface area contributed by atoms with Gasteiger partial charge in [0.1, 0.15) is 16.8 Å². The summed E-state index contributed by atoms with van der Waals surface area (Å²) < 4.78 is 5.41. The molecule has 0 aromatic carbocycles. The minimum atomic E-state index is 0.520. The summed E-state index contributed by atoms with van der Waals surface area (Å²) in [5, 5.41) is 0.520. The van der Waals surface area contributed by atoms with E-state index in [-0.39, 0.29) is 0 Å². The van der Waals surface area contributed by atoms with Crippen LogP contribution >= 0.6 is 11.6 Å². The number of ether oxygens (including phenoxy) is 1. The van der Waals surface area contributed by atoms with E-state index in [4.69, 9.17) is 16.3 Å². The topological polar surface area (TPSA) is 38.2 Å². The number of hydrogen-bond donors (Lipinski definition) is 0. The van der Waals surface area contributed by atoms with Crippen molar-refractivity contribution in [2.75, 3.05) is 31.2 Å². The van der Waals surface area contributed by atoms with Gasteiger partial charge in [-0.15, -0.1) is 0 Å². The fraction of sp³-hybridized carbons (Fsp3) is 0.636. The number of halogens is 1. The fourth-order valence-electron chi connectivity index (χ4n) is 1.75. The Morgan fingerprint density at radius 3 is 3.06 bits per heavy atom. The van der Waals surface area contributed by atoms with Gasteiger partial charge in [-0.2, -0.15) is 0 Å². The standard InChI is InChI=1S/C11H16ClN3O/c1-2-10-13-9(12)8-11(14-10)15-4-3-6-16-7-5-15/h8H,2-7H2,1H3. The molecule has 0 spiro atoms. The lowest BCUT2D eigenvalue weighted by Gasteiger charge is -2.21. The van der Waals surface area contributed by atoms with E-state index >= 15 is 0 Å². The molecule has 0 aliphatic carbocycles. The minimum absolute atomic E-state index is 0.520. The van der Waals surface area contributed by atoms with Gasteiger partial charge in [-0.25, -0.2) is 9.97 Å². The molecule has 0 unspecified atom stereocenters. The first-order valence-corrected chi connectivity index (χ1v) is 6.03. The smallest absolute Gasteiger partial charge is 0.134 e. The molecule has 0 N–H and O–H groups in total. The molecule has 1 aromatic heterocycles. The Morgan fingerprint density at radius 1 is 1.38 bits per heavy atom. The zero-order chi connectivity index (χ0) is 11.4. The highest BCUT2D eigenvalue weighted by Crippen LogP contribution is 2.17. The van der Waals surface area contributed by atoms with Crippen LogP contribution in [0.5, 0.6) is 0 Å². The lowest BCUT2D eigenvalue weighted by molar-refractivity contribution is 0.152. The Bertz CT molecular complexity index is 351. The minimum Gasteiger partial charge on any atom is -0.380 e. The van der Waals surface area contributed by atoms with Crippen LogP contribution in [0.2, 0.25) is 5.15 Å². The molecule has 2 rings (SSSR count). The summed E-state index contributed by atoms with van der Waals surface area (Å²) in [5.41, 5.74) is 0. The predicted octanol–water partition coefficient (Wildman–Crippen LogP) is 1.92. The van der Waals surface area contributed by atoms with Crippen molar-refractivity contribution in [1.82, 2.24) is 9.97 Å². The predicted molar refractivity (Wildman–Crippen MR) is 64.1 cm³/mol. The number of nitrogens with zero attached hydrogens (tertiary/aromatic N) is 3. The van der Waals surface area contributed by atoms with E-state index in [9.17, 15) is 0 Å². The monoisotopic (exact) mass is 241 g/mol. The molecule has 88 valence electrons. The van der Waals surface area contributed by atoms with Crippen molar-refractivity contribution in [2.24, 2.45) is 0 Å². The Balaban J connectivity index is 2.20. The number of aromatic nitrogens is 2. The number of anilines is 1. The van der Waals surface area contributed by atoms with Crippen molar-refractivity contribution in [3.8, 4) is 0 Å². The second kappa shape index (κ2) is 5.46. The van der Waals surface area contributed by atoms with Gasteiger partial charge in [-0.1, -0.05) is 18.5 Å². The molecule has 1 aliphatic heterocycles. The molecule has 0 bridgehead atoms. The molecule has 0 saturated carbocycles. The van der Waals surface area contributed by atoms with Crippen molar-refractivity contribution in [3.63, 3.8) is 0 Å². The molecule has 2 heterocycles. The van der Waals surface area contributed by atoms with E-state index in [0.29, 0.717) is 5.15 Å². The third-order valence-electron chi connectivity index (χ3n) is 2.59. The van der Waals surface area contributed by atoms with Gasteiger partial charge in [-0.3, -0.25) is 0 Å². The zero-order valence-electron chi connectivity index (χ0n) is 9.45. The highest BCUT2D eigenvalue weighted by Gasteiger charge is 2.12. The van der Waals surface area contributed by atoms with Crippen LogP contribution in [0.3, 0.4) is 0 Å². The quantitative estimate of drug-likeness (QED) is 0.742. The Labute approximate surface area is 101 Å². The van der Waals surface area contributed by atoms with Crippen LogP contribution in [0.15, 0.2) is 6.07 Å². The first kappa shape index (κ1) is 11.6. The summed E-state index contributed by atoms with van der Waals surface area (Å²) in [6.07, 6.45) is 1.83. The number of hydrogen-bond acceptors (Lipinski definition) is 4. The summed E-state index contributed by atoms with van der Waals surface area (Å²) >= 11 is 5.98. The van der Waals surface area contributed by atoms with Crippen molar-refractivity contribution >= 4 is 17.4 Å². The second-order valence-electron chi connectivity index (χ2n) is 3.77. The van der Waals surface area contributed by atoms with Gasteiger partial charge in [0.05, 0.1) is 6.61 Å². The maximum Gasteiger partial charge on any atom is 0.134 e. The molecule has 5 heteroatoms. The van der Waals surface area contributed by atoms with Crippen LogP contribution < -0.4 is 4.90 Å². The molecule has 0 atom stereocenters. The van der Waals surface area contributed by atoms with Crippen molar-refractivity contribution < 1.29 is 4.74 Å². The average molecular weight is 242 g/mol. The third-order valence-corrected chi connectivity index (χ3v) is 2.78. The second-order valence-corrected chi connectivity index (χ2v) is 4.16. The van der Waals surface area contributed by atoms with Gasteiger partial charge >= 0.3 is 0 Å². The van der Waals surface area contributed by atoms with Crippen LogP contribution in [0.25, 0.3) is 0 Å².